The van der Waals surface area contributed by atoms with Gasteiger partial charge in [0.1, 0.15) is 11.5 Å². The highest BCUT2D eigenvalue weighted by atomic mass is 16.5. The number of nitrogens with one attached hydrogen (secondary N) is 1. The van der Waals surface area contributed by atoms with Crippen LogP contribution in [0.3, 0.4) is 0 Å². The van der Waals surface area contributed by atoms with Crippen molar-refractivity contribution < 1.29 is 9.84 Å². The maximum Gasteiger partial charge on any atom is 0.124 e. The van der Waals surface area contributed by atoms with Crippen LogP contribution in [0.2, 0.25) is 0 Å². The Morgan fingerprint density at radius 3 is 2.75 bits per heavy atom. The molecule has 2 rings (SSSR count). The van der Waals surface area contributed by atoms with E-state index in [4.69, 9.17) is 4.74 Å². The largest absolute Gasteiger partial charge is 0.507 e. The van der Waals surface area contributed by atoms with Crippen molar-refractivity contribution in [1.29, 1.82) is 0 Å². The Morgan fingerprint density at radius 2 is 2.05 bits per heavy atom. The van der Waals surface area contributed by atoms with Crippen LogP contribution in [-0.2, 0) is 0 Å². The van der Waals surface area contributed by atoms with Gasteiger partial charge in [0.2, 0.25) is 0 Å². The summed E-state index contributed by atoms with van der Waals surface area (Å²) in [7, 11) is 1.61. The third-order valence-electron chi connectivity index (χ3n) is 4.45. The first-order valence-corrected chi connectivity index (χ1v) is 7.73. The molecule has 0 spiro atoms. The van der Waals surface area contributed by atoms with E-state index in [0.29, 0.717) is 17.5 Å². The molecule has 0 aliphatic heterocycles. The molecule has 3 nitrogen and oxygen atoms in total. The second-order valence-corrected chi connectivity index (χ2v) is 6.12. The van der Waals surface area contributed by atoms with Crippen LogP contribution in [0.1, 0.15) is 57.6 Å². The number of rotatable bonds is 4. The van der Waals surface area contributed by atoms with Gasteiger partial charge in [0.15, 0.2) is 0 Å². The molecule has 0 amide bonds. The van der Waals surface area contributed by atoms with Gasteiger partial charge in [-0.05, 0) is 38.2 Å². The number of hydrogen-bond donors (Lipinski definition) is 2. The van der Waals surface area contributed by atoms with E-state index >= 15 is 0 Å². The number of phenolic OH excluding ortho intramolecular Hbond substituents is 1. The molecule has 1 saturated carbocycles. The van der Waals surface area contributed by atoms with Gasteiger partial charge in [0.05, 0.1) is 7.11 Å². The van der Waals surface area contributed by atoms with Gasteiger partial charge < -0.3 is 15.2 Å². The highest BCUT2D eigenvalue weighted by Crippen LogP contribution is 2.30. The normalized spacial score (nSPS) is 24.9. The lowest BCUT2D eigenvalue weighted by Crippen LogP contribution is -2.31. The molecule has 0 radical (unpaired) electrons. The van der Waals surface area contributed by atoms with Gasteiger partial charge in [0, 0.05) is 23.7 Å². The molecule has 0 saturated heterocycles. The maximum atomic E-state index is 10.1. The highest BCUT2D eigenvalue weighted by Gasteiger charge is 2.19. The van der Waals surface area contributed by atoms with Crippen molar-refractivity contribution in [2.75, 3.05) is 7.11 Å². The molecule has 0 bridgehead atoms. The van der Waals surface area contributed by atoms with E-state index in [1.807, 2.05) is 12.1 Å². The summed E-state index contributed by atoms with van der Waals surface area (Å²) in [6.07, 6.45) is 6.44. The summed E-state index contributed by atoms with van der Waals surface area (Å²) in [4.78, 5) is 0. The molecule has 0 aromatic heterocycles. The molecule has 3 atom stereocenters. The van der Waals surface area contributed by atoms with E-state index < -0.39 is 0 Å². The van der Waals surface area contributed by atoms with E-state index in [-0.39, 0.29) is 6.04 Å². The molecule has 1 aromatic rings. The van der Waals surface area contributed by atoms with E-state index in [1.54, 1.807) is 13.2 Å². The smallest absolute Gasteiger partial charge is 0.124 e. The molecule has 1 aliphatic carbocycles. The van der Waals surface area contributed by atoms with Crippen LogP contribution in [0, 0.1) is 5.92 Å². The van der Waals surface area contributed by atoms with Crippen molar-refractivity contribution in [3.05, 3.63) is 23.8 Å². The van der Waals surface area contributed by atoms with Gasteiger partial charge in [-0.2, -0.15) is 0 Å². The summed E-state index contributed by atoms with van der Waals surface area (Å²) in [5.41, 5.74) is 0.947. The van der Waals surface area contributed by atoms with Crippen LogP contribution < -0.4 is 10.1 Å². The summed E-state index contributed by atoms with van der Waals surface area (Å²) in [6.45, 7) is 4.47. The summed E-state index contributed by atoms with van der Waals surface area (Å²) in [6, 6.07) is 6.27. The zero-order chi connectivity index (χ0) is 14.5. The molecule has 112 valence electrons. The molecule has 3 heteroatoms. The lowest BCUT2D eigenvalue weighted by molar-refractivity contribution is 0.387. The fourth-order valence-electron chi connectivity index (χ4n) is 3.11. The fraction of sp³-hybridized carbons (Fsp3) is 0.647. The number of methoxy groups -OCH3 is 1. The molecule has 2 N–H and O–H groups in total. The predicted octanol–water partition coefficient (Wildman–Crippen LogP) is 4.02. The minimum absolute atomic E-state index is 0.166. The Labute approximate surface area is 122 Å². The predicted molar refractivity (Wildman–Crippen MR) is 82.2 cm³/mol. The lowest BCUT2D eigenvalue weighted by Gasteiger charge is -2.23. The number of benzene rings is 1. The van der Waals surface area contributed by atoms with Crippen molar-refractivity contribution in [3.8, 4) is 11.5 Å². The van der Waals surface area contributed by atoms with E-state index in [1.165, 1.54) is 32.1 Å². The Kier molecular flexibility index (Phi) is 5.30. The standard InChI is InChI=1S/C17H27NO2/c1-12-5-4-6-14(8-7-12)18-13(2)16-10-9-15(20-3)11-17(16)19/h9-14,18-19H,4-8H2,1-3H3. The summed E-state index contributed by atoms with van der Waals surface area (Å²) >= 11 is 0. The van der Waals surface area contributed by atoms with Crippen LogP contribution in [0.15, 0.2) is 18.2 Å². The number of phenols is 1. The molecule has 0 heterocycles. The van der Waals surface area contributed by atoms with E-state index in [9.17, 15) is 5.11 Å². The average molecular weight is 277 g/mol. The lowest BCUT2D eigenvalue weighted by atomic mass is 10.0. The monoisotopic (exact) mass is 277 g/mol. The van der Waals surface area contributed by atoms with Crippen molar-refractivity contribution in [2.45, 2.75) is 58.0 Å². The van der Waals surface area contributed by atoms with Crippen LogP contribution >= 0.6 is 0 Å². The van der Waals surface area contributed by atoms with E-state index in [0.717, 1.165) is 11.5 Å². The maximum absolute atomic E-state index is 10.1. The molecule has 1 aromatic carbocycles. The second kappa shape index (κ2) is 6.98. The Bertz CT molecular complexity index is 433. The minimum atomic E-state index is 0.166. The molecule has 3 unspecified atom stereocenters. The third kappa shape index (κ3) is 3.89. The van der Waals surface area contributed by atoms with Crippen molar-refractivity contribution in [1.82, 2.24) is 5.32 Å². The zero-order valence-corrected chi connectivity index (χ0v) is 12.9. The van der Waals surface area contributed by atoms with Gasteiger partial charge >= 0.3 is 0 Å². The van der Waals surface area contributed by atoms with Crippen LogP contribution in [0.4, 0.5) is 0 Å². The molecular formula is C17H27NO2. The molecule has 1 aliphatic rings. The summed E-state index contributed by atoms with van der Waals surface area (Å²) < 4.78 is 5.13. The zero-order valence-electron chi connectivity index (χ0n) is 12.9. The third-order valence-corrected chi connectivity index (χ3v) is 4.45. The number of ether oxygens (including phenoxy) is 1. The fourth-order valence-corrected chi connectivity index (χ4v) is 3.11. The first-order chi connectivity index (χ1) is 9.60. The van der Waals surface area contributed by atoms with Crippen molar-refractivity contribution >= 4 is 0 Å². The van der Waals surface area contributed by atoms with Crippen LogP contribution in [-0.4, -0.2) is 18.3 Å². The highest BCUT2D eigenvalue weighted by molar-refractivity contribution is 5.41. The quantitative estimate of drug-likeness (QED) is 0.817. The van der Waals surface area contributed by atoms with Crippen molar-refractivity contribution in [3.63, 3.8) is 0 Å². The van der Waals surface area contributed by atoms with Gasteiger partial charge in [-0.1, -0.05) is 25.8 Å². The van der Waals surface area contributed by atoms with Crippen molar-refractivity contribution in [2.24, 2.45) is 5.92 Å². The minimum Gasteiger partial charge on any atom is -0.507 e. The van der Waals surface area contributed by atoms with Gasteiger partial charge in [-0.15, -0.1) is 0 Å². The first kappa shape index (κ1) is 15.2. The van der Waals surface area contributed by atoms with Crippen LogP contribution in [0.25, 0.3) is 0 Å². The van der Waals surface area contributed by atoms with Gasteiger partial charge in [-0.3, -0.25) is 0 Å². The topological polar surface area (TPSA) is 41.5 Å². The van der Waals surface area contributed by atoms with Gasteiger partial charge in [-0.25, -0.2) is 0 Å². The summed E-state index contributed by atoms with van der Waals surface area (Å²) in [5, 5.41) is 13.8. The Hall–Kier alpha value is -1.22. The van der Waals surface area contributed by atoms with Crippen LogP contribution in [0.5, 0.6) is 11.5 Å². The SMILES string of the molecule is COc1ccc(C(C)NC2CCCC(C)CC2)c(O)c1. The summed E-state index contributed by atoms with van der Waals surface area (Å²) in [5.74, 6) is 1.86. The van der Waals surface area contributed by atoms with E-state index in [2.05, 4.69) is 19.2 Å². The molecular weight excluding hydrogens is 250 g/mol. The molecule has 1 fully saturated rings. The number of hydrogen-bond acceptors (Lipinski definition) is 3. The Balaban J connectivity index is 1.98. The number of aromatic hydroxyl groups is 1. The first-order valence-electron chi connectivity index (χ1n) is 7.73. The second-order valence-electron chi connectivity index (χ2n) is 6.12. The Morgan fingerprint density at radius 1 is 1.25 bits per heavy atom. The van der Waals surface area contributed by atoms with Gasteiger partial charge in [0.25, 0.3) is 0 Å². The average Bonchev–Trinajstić information content (AvgIpc) is 2.63. The molecule has 20 heavy (non-hydrogen) atoms.